The van der Waals surface area contributed by atoms with E-state index in [1.54, 1.807) is 12.1 Å². The summed E-state index contributed by atoms with van der Waals surface area (Å²) in [5, 5.41) is 15.8. The Bertz CT molecular complexity index is 653. The van der Waals surface area contributed by atoms with E-state index >= 15 is 0 Å². The summed E-state index contributed by atoms with van der Waals surface area (Å²) in [6.45, 7) is 0.842. The van der Waals surface area contributed by atoms with Crippen LogP contribution >= 0.6 is 15.9 Å². The number of nitrogens with one attached hydrogen (secondary N) is 1. The van der Waals surface area contributed by atoms with E-state index in [-0.39, 0.29) is 12.5 Å². The Hall–Kier alpha value is -1.47. The molecular weight excluding hydrogens is 336 g/mol. The van der Waals surface area contributed by atoms with Gasteiger partial charge in [-0.15, -0.1) is 0 Å². The highest BCUT2D eigenvalue weighted by atomic mass is 79.9. The number of aromatic amines is 1. The van der Waals surface area contributed by atoms with E-state index in [1.807, 2.05) is 4.90 Å². The smallest absolute Gasteiger partial charge is 0.272 e. The number of hydrogen-bond donors (Lipinski definition) is 2. The van der Waals surface area contributed by atoms with E-state index < -0.39 is 0 Å². The standard InChI is InChI=1S/C14H17BrN4O2/c15-13-12-10(17-18-13)5-6-11(16-12)14(21)19(9-3-4-9)7-1-2-8-20/h5-6,9,20H,1-4,7-8H2,(H,17,18). The van der Waals surface area contributed by atoms with Crippen molar-refractivity contribution in [2.45, 2.75) is 31.7 Å². The average molecular weight is 353 g/mol. The Labute approximate surface area is 130 Å². The summed E-state index contributed by atoms with van der Waals surface area (Å²) in [4.78, 5) is 19.0. The molecule has 1 aliphatic carbocycles. The fourth-order valence-electron chi connectivity index (χ4n) is 2.36. The normalized spacial score (nSPS) is 14.6. The van der Waals surface area contributed by atoms with Gasteiger partial charge in [0.2, 0.25) is 0 Å². The second-order valence-corrected chi connectivity index (χ2v) is 6.06. The molecule has 0 aromatic carbocycles. The van der Waals surface area contributed by atoms with Gasteiger partial charge in [-0.05, 0) is 53.7 Å². The molecule has 112 valence electrons. The summed E-state index contributed by atoms with van der Waals surface area (Å²) in [6.07, 6.45) is 3.65. The Morgan fingerprint density at radius 3 is 2.95 bits per heavy atom. The molecule has 7 heteroatoms. The number of H-pyrrole nitrogens is 1. The molecule has 0 atom stereocenters. The lowest BCUT2D eigenvalue weighted by molar-refractivity contribution is 0.0731. The van der Waals surface area contributed by atoms with Crippen molar-refractivity contribution in [1.82, 2.24) is 20.1 Å². The lowest BCUT2D eigenvalue weighted by Gasteiger charge is -2.21. The minimum atomic E-state index is -0.0366. The zero-order valence-electron chi connectivity index (χ0n) is 11.5. The van der Waals surface area contributed by atoms with Crippen molar-refractivity contribution in [3.63, 3.8) is 0 Å². The molecule has 3 rings (SSSR count). The molecular formula is C14H17BrN4O2. The molecule has 1 fully saturated rings. The van der Waals surface area contributed by atoms with Crippen LogP contribution in [0.4, 0.5) is 0 Å². The van der Waals surface area contributed by atoms with Gasteiger partial charge in [0.1, 0.15) is 21.3 Å². The van der Waals surface area contributed by atoms with E-state index in [0.29, 0.717) is 28.4 Å². The maximum Gasteiger partial charge on any atom is 0.272 e. The van der Waals surface area contributed by atoms with Crippen molar-refractivity contribution in [3.8, 4) is 0 Å². The molecule has 2 aromatic heterocycles. The van der Waals surface area contributed by atoms with Crippen molar-refractivity contribution in [3.05, 3.63) is 22.4 Å². The second kappa shape index (κ2) is 6.11. The molecule has 2 heterocycles. The number of carbonyl (C=O) groups excluding carboxylic acids is 1. The van der Waals surface area contributed by atoms with Gasteiger partial charge in [-0.25, -0.2) is 4.98 Å². The maximum absolute atomic E-state index is 12.7. The van der Waals surface area contributed by atoms with Crippen LogP contribution in [-0.2, 0) is 0 Å². The number of aliphatic hydroxyl groups excluding tert-OH is 1. The van der Waals surface area contributed by atoms with Gasteiger partial charge in [0.15, 0.2) is 0 Å². The summed E-state index contributed by atoms with van der Waals surface area (Å²) in [7, 11) is 0. The average Bonchev–Trinajstić information content (AvgIpc) is 3.27. The summed E-state index contributed by atoms with van der Waals surface area (Å²) < 4.78 is 0.686. The molecule has 0 aliphatic heterocycles. The molecule has 0 saturated heterocycles. The van der Waals surface area contributed by atoms with Gasteiger partial charge in [-0.2, -0.15) is 5.10 Å². The Balaban J connectivity index is 1.81. The number of aliphatic hydroxyl groups is 1. The molecule has 6 nitrogen and oxygen atoms in total. The number of unbranched alkanes of at least 4 members (excludes halogenated alkanes) is 1. The monoisotopic (exact) mass is 352 g/mol. The molecule has 0 bridgehead atoms. The number of amides is 1. The Kier molecular flexibility index (Phi) is 4.21. The molecule has 0 radical (unpaired) electrons. The van der Waals surface area contributed by atoms with Crippen LogP contribution in [0.25, 0.3) is 11.0 Å². The summed E-state index contributed by atoms with van der Waals surface area (Å²) in [5.74, 6) is -0.0366. The molecule has 21 heavy (non-hydrogen) atoms. The lowest BCUT2D eigenvalue weighted by Crippen LogP contribution is -2.34. The highest BCUT2D eigenvalue weighted by Crippen LogP contribution is 2.29. The first-order valence-corrected chi connectivity index (χ1v) is 7.92. The molecule has 1 saturated carbocycles. The van der Waals surface area contributed by atoms with Crippen molar-refractivity contribution >= 4 is 32.9 Å². The van der Waals surface area contributed by atoms with E-state index in [9.17, 15) is 4.79 Å². The summed E-state index contributed by atoms with van der Waals surface area (Å²) in [6, 6.07) is 3.86. The fourth-order valence-corrected chi connectivity index (χ4v) is 2.74. The predicted octanol–water partition coefficient (Wildman–Crippen LogP) is 2.10. The fraction of sp³-hybridized carbons (Fsp3) is 0.500. The largest absolute Gasteiger partial charge is 0.396 e. The van der Waals surface area contributed by atoms with Gasteiger partial charge in [-0.1, -0.05) is 0 Å². The lowest BCUT2D eigenvalue weighted by atomic mass is 10.2. The first-order chi connectivity index (χ1) is 10.2. The van der Waals surface area contributed by atoms with Crippen LogP contribution < -0.4 is 0 Å². The van der Waals surface area contributed by atoms with Crippen molar-refractivity contribution in [2.24, 2.45) is 0 Å². The van der Waals surface area contributed by atoms with E-state index in [1.165, 1.54) is 0 Å². The van der Waals surface area contributed by atoms with Crippen LogP contribution in [0.3, 0.4) is 0 Å². The van der Waals surface area contributed by atoms with Gasteiger partial charge in [0.25, 0.3) is 5.91 Å². The molecule has 0 spiro atoms. The molecule has 1 aliphatic rings. The zero-order valence-corrected chi connectivity index (χ0v) is 13.1. The van der Waals surface area contributed by atoms with E-state index in [2.05, 4.69) is 31.1 Å². The van der Waals surface area contributed by atoms with Crippen LogP contribution in [0.5, 0.6) is 0 Å². The van der Waals surface area contributed by atoms with Crippen molar-refractivity contribution in [1.29, 1.82) is 0 Å². The summed E-state index contributed by atoms with van der Waals surface area (Å²) in [5.41, 5.74) is 1.85. The van der Waals surface area contributed by atoms with Crippen LogP contribution in [0, 0.1) is 0 Å². The van der Waals surface area contributed by atoms with Crippen molar-refractivity contribution in [2.75, 3.05) is 13.2 Å². The first kappa shape index (κ1) is 14.5. The van der Waals surface area contributed by atoms with Crippen molar-refractivity contribution < 1.29 is 9.90 Å². The number of carbonyl (C=O) groups is 1. The number of rotatable bonds is 6. The first-order valence-electron chi connectivity index (χ1n) is 7.13. The number of pyridine rings is 1. The molecule has 2 aromatic rings. The summed E-state index contributed by atoms with van der Waals surface area (Å²) >= 11 is 3.35. The third-order valence-corrected chi connectivity index (χ3v) is 4.18. The van der Waals surface area contributed by atoms with Gasteiger partial charge < -0.3 is 10.0 Å². The Morgan fingerprint density at radius 2 is 2.24 bits per heavy atom. The van der Waals surface area contributed by atoms with Gasteiger partial charge in [-0.3, -0.25) is 9.89 Å². The predicted molar refractivity (Wildman–Crippen MR) is 82.0 cm³/mol. The number of aromatic nitrogens is 3. The molecule has 0 unspecified atom stereocenters. The van der Waals surface area contributed by atoms with Gasteiger partial charge in [0, 0.05) is 19.2 Å². The van der Waals surface area contributed by atoms with Crippen LogP contribution in [-0.4, -0.2) is 50.3 Å². The van der Waals surface area contributed by atoms with Crippen LogP contribution in [0.15, 0.2) is 16.7 Å². The highest BCUT2D eigenvalue weighted by Gasteiger charge is 2.33. The van der Waals surface area contributed by atoms with E-state index in [4.69, 9.17) is 5.11 Å². The molecule has 1 amide bonds. The highest BCUT2D eigenvalue weighted by molar-refractivity contribution is 9.10. The number of fused-ring (bicyclic) bond motifs is 1. The Morgan fingerprint density at radius 1 is 1.43 bits per heavy atom. The minimum absolute atomic E-state index is 0.0366. The number of halogens is 1. The number of hydrogen-bond acceptors (Lipinski definition) is 4. The third-order valence-electron chi connectivity index (χ3n) is 3.63. The zero-order chi connectivity index (χ0) is 14.8. The topological polar surface area (TPSA) is 82.1 Å². The van der Waals surface area contributed by atoms with Gasteiger partial charge in [0.05, 0.1) is 0 Å². The van der Waals surface area contributed by atoms with Crippen LogP contribution in [0.1, 0.15) is 36.2 Å². The number of nitrogens with zero attached hydrogens (tertiary/aromatic N) is 3. The minimum Gasteiger partial charge on any atom is -0.396 e. The third kappa shape index (κ3) is 3.08. The van der Waals surface area contributed by atoms with E-state index in [0.717, 1.165) is 31.2 Å². The SMILES string of the molecule is O=C(c1ccc2n[nH]c(Br)c2n1)N(CCCCO)C1CC1. The molecule has 2 N–H and O–H groups in total. The second-order valence-electron chi connectivity index (χ2n) is 5.26. The quantitative estimate of drug-likeness (QED) is 0.780. The van der Waals surface area contributed by atoms with Crippen LogP contribution in [0.2, 0.25) is 0 Å². The van der Waals surface area contributed by atoms with Gasteiger partial charge >= 0.3 is 0 Å². The maximum atomic E-state index is 12.7.